The summed E-state index contributed by atoms with van der Waals surface area (Å²) in [5, 5.41) is 13.4. The Hall–Kier alpha value is -2.73. The highest BCUT2D eigenvalue weighted by molar-refractivity contribution is 14.1. The second kappa shape index (κ2) is 12.1. The first kappa shape index (κ1) is 25.9. The Balaban J connectivity index is 1.80. The number of methoxy groups -OCH3 is 1. The molecule has 34 heavy (non-hydrogen) atoms. The number of hydrogen-bond donors (Lipinski definition) is 1. The van der Waals surface area contributed by atoms with Gasteiger partial charge in [-0.1, -0.05) is 48.3 Å². The fourth-order valence-electron chi connectivity index (χ4n) is 3.09. The van der Waals surface area contributed by atoms with Crippen LogP contribution < -0.4 is 14.8 Å². The van der Waals surface area contributed by atoms with Gasteiger partial charge in [0.2, 0.25) is 0 Å². The van der Waals surface area contributed by atoms with Crippen molar-refractivity contribution < 1.29 is 14.3 Å². The third-order valence-electron chi connectivity index (χ3n) is 4.94. The molecular formula is C26H21Cl2IN2O3. The van der Waals surface area contributed by atoms with Crippen molar-refractivity contribution in [1.29, 1.82) is 5.26 Å². The minimum atomic E-state index is -0.488. The van der Waals surface area contributed by atoms with Crippen molar-refractivity contribution in [2.45, 2.75) is 20.0 Å². The van der Waals surface area contributed by atoms with Crippen molar-refractivity contribution in [3.8, 4) is 17.6 Å². The molecule has 0 aliphatic rings. The highest BCUT2D eigenvalue weighted by Crippen LogP contribution is 2.36. The number of benzene rings is 3. The van der Waals surface area contributed by atoms with Gasteiger partial charge in [0.1, 0.15) is 18.2 Å². The predicted octanol–water partition coefficient (Wildman–Crippen LogP) is 7.29. The summed E-state index contributed by atoms with van der Waals surface area (Å²) in [7, 11) is 1.53. The summed E-state index contributed by atoms with van der Waals surface area (Å²) in [6, 6.07) is 18.2. The molecule has 1 amide bonds. The van der Waals surface area contributed by atoms with Crippen LogP contribution in [0.4, 0.5) is 5.69 Å². The van der Waals surface area contributed by atoms with E-state index in [1.165, 1.54) is 13.2 Å². The van der Waals surface area contributed by atoms with Crippen molar-refractivity contribution in [3.63, 3.8) is 0 Å². The summed E-state index contributed by atoms with van der Waals surface area (Å²) in [5.74, 6) is 0.514. The molecule has 0 unspecified atom stereocenters. The average Bonchev–Trinajstić information content (AvgIpc) is 2.82. The van der Waals surface area contributed by atoms with Crippen molar-refractivity contribution in [3.05, 3.63) is 90.5 Å². The maximum Gasteiger partial charge on any atom is 0.266 e. The molecule has 0 heterocycles. The van der Waals surface area contributed by atoms with Crippen LogP contribution in [-0.4, -0.2) is 13.0 Å². The molecule has 3 aromatic rings. The zero-order valence-corrected chi connectivity index (χ0v) is 22.2. The second-order valence-electron chi connectivity index (χ2n) is 7.23. The quantitative estimate of drug-likeness (QED) is 0.166. The van der Waals surface area contributed by atoms with Crippen molar-refractivity contribution in [2.75, 3.05) is 12.4 Å². The van der Waals surface area contributed by atoms with Crippen LogP contribution in [-0.2, 0) is 17.8 Å². The normalized spacial score (nSPS) is 11.0. The molecule has 0 aromatic heterocycles. The topological polar surface area (TPSA) is 71.4 Å². The van der Waals surface area contributed by atoms with Crippen LogP contribution in [0.1, 0.15) is 23.6 Å². The molecule has 0 aliphatic heterocycles. The van der Waals surface area contributed by atoms with E-state index in [0.717, 1.165) is 21.1 Å². The molecule has 1 N–H and O–H groups in total. The lowest BCUT2D eigenvalue weighted by Crippen LogP contribution is -2.13. The number of carbonyl (C=O) groups excluding carboxylic acids is 1. The van der Waals surface area contributed by atoms with Gasteiger partial charge in [-0.2, -0.15) is 5.26 Å². The van der Waals surface area contributed by atoms with E-state index >= 15 is 0 Å². The van der Waals surface area contributed by atoms with E-state index in [9.17, 15) is 10.1 Å². The van der Waals surface area contributed by atoms with Gasteiger partial charge in [-0.3, -0.25) is 4.79 Å². The molecule has 0 bridgehead atoms. The number of anilines is 1. The summed E-state index contributed by atoms with van der Waals surface area (Å²) < 4.78 is 12.2. The highest BCUT2D eigenvalue weighted by Gasteiger charge is 2.15. The van der Waals surface area contributed by atoms with Crippen LogP contribution >= 0.6 is 45.8 Å². The largest absolute Gasteiger partial charge is 0.493 e. The van der Waals surface area contributed by atoms with E-state index in [1.807, 2.05) is 36.4 Å². The fraction of sp³-hybridized carbons (Fsp3) is 0.154. The fourth-order valence-corrected chi connectivity index (χ4v) is 4.33. The summed E-state index contributed by atoms with van der Waals surface area (Å²) in [5.41, 5.74) is 3.17. The number of halogens is 3. The van der Waals surface area contributed by atoms with Crippen LogP contribution in [0.2, 0.25) is 10.0 Å². The zero-order chi connectivity index (χ0) is 24.7. The van der Waals surface area contributed by atoms with E-state index in [1.54, 1.807) is 24.3 Å². The summed E-state index contributed by atoms with van der Waals surface area (Å²) in [6.07, 6.45) is 2.42. The third kappa shape index (κ3) is 6.66. The lowest BCUT2D eigenvalue weighted by molar-refractivity contribution is -0.112. The number of nitrogens with zero attached hydrogens (tertiary/aromatic N) is 1. The average molecular weight is 607 g/mol. The van der Waals surface area contributed by atoms with Crippen LogP contribution in [0.3, 0.4) is 0 Å². The molecule has 0 aliphatic carbocycles. The first-order chi connectivity index (χ1) is 16.3. The number of aryl methyl sites for hydroxylation is 1. The molecule has 0 saturated carbocycles. The second-order valence-corrected chi connectivity index (χ2v) is 9.24. The van der Waals surface area contributed by atoms with Crippen LogP contribution in [0.25, 0.3) is 6.08 Å². The van der Waals surface area contributed by atoms with Gasteiger partial charge >= 0.3 is 0 Å². The Bertz CT molecular complexity index is 1270. The number of nitriles is 1. The first-order valence-electron chi connectivity index (χ1n) is 10.3. The lowest BCUT2D eigenvalue weighted by Gasteiger charge is -2.14. The zero-order valence-electron chi connectivity index (χ0n) is 18.5. The van der Waals surface area contributed by atoms with E-state index < -0.39 is 5.91 Å². The van der Waals surface area contributed by atoms with Crippen molar-refractivity contribution in [2.24, 2.45) is 0 Å². The van der Waals surface area contributed by atoms with Crippen LogP contribution in [0, 0.1) is 14.9 Å². The predicted molar refractivity (Wildman–Crippen MR) is 145 cm³/mol. The lowest BCUT2D eigenvalue weighted by atomic mass is 10.1. The molecule has 0 atom stereocenters. The minimum Gasteiger partial charge on any atom is -0.493 e. The summed E-state index contributed by atoms with van der Waals surface area (Å²) >= 11 is 14.3. The Kier molecular flexibility index (Phi) is 9.22. The van der Waals surface area contributed by atoms with Crippen LogP contribution in [0.5, 0.6) is 11.5 Å². The van der Waals surface area contributed by atoms with E-state index in [-0.39, 0.29) is 12.2 Å². The SMILES string of the molecule is CCc1ccc(NC(=O)/C(C#N)=C\c2cc(I)c(OCc3ccc(Cl)cc3Cl)c(OC)c2)cc1. The minimum absolute atomic E-state index is 0.0287. The highest BCUT2D eigenvalue weighted by atomic mass is 127. The summed E-state index contributed by atoms with van der Waals surface area (Å²) in [4.78, 5) is 12.6. The number of ether oxygens (including phenoxy) is 2. The molecule has 3 rings (SSSR count). The van der Waals surface area contributed by atoms with Gasteiger partial charge in [-0.25, -0.2) is 0 Å². The molecule has 0 fully saturated rings. The number of hydrogen-bond acceptors (Lipinski definition) is 4. The third-order valence-corrected chi connectivity index (χ3v) is 6.32. The number of amides is 1. The molecular weight excluding hydrogens is 586 g/mol. The maximum absolute atomic E-state index is 12.6. The molecule has 8 heteroatoms. The van der Waals surface area contributed by atoms with Gasteiger partial charge in [0.15, 0.2) is 11.5 Å². The maximum atomic E-state index is 12.6. The van der Waals surface area contributed by atoms with Crippen molar-refractivity contribution in [1.82, 2.24) is 0 Å². The van der Waals surface area contributed by atoms with Gasteiger partial charge in [-0.15, -0.1) is 0 Å². The standard InChI is InChI=1S/C26H21Cl2IN2O3/c1-3-16-4-8-21(9-5-16)31-26(32)19(14-30)10-17-11-23(29)25(24(12-17)33-2)34-15-18-6-7-20(27)13-22(18)28/h4-13H,3,15H2,1-2H3,(H,31,32)/b19-10-. The van der Waals surface area contributed by atoms with Gasteiger partial charge in [0.25, 0.3) is 5.91 Å². The monoisotopic (exact) mass is 606 g/mol. The van der Waals surface area contributed by atoms with Crippen molar-refractivity contribution >= 4 is 63.5 Å². The number of nitrogens with one attached hydrogen (secondary N) is 1. The molecule has 5 nitrogen and oxygen atoms in total. The van der Waals surface area contributed by atoms with Gasteiger partial charge in [0, 0.05) is 21.3 Å². The molecule has 3 aromatic carbocycles. The Labute approximate surface area is 222 Å². The molecule has 0 spiro atoms. The van der Waals surface area contributed by atoms with E-state index in [0.29, 0.717) is 32.8 Å². The van der Waals surface area contributed by atoms with Gasteiger partial charge < -0.3 is 14.8 Å². The number of rotatable bonds is 8. The molecule has 174 valence electrons. The Morgan fingerprint density at radius 1 is 1.15 bits per heavy atom. The molecule has 0 saturated heterocycles. The van der Waals surface area contributed by atoms with E-state index in [4.69, 9.17) is 32.7 Å². The first-order valence-corrected chi connectivity index (χ1v) is 12.1. The van der Waals surface area contributed by atoms with Crippen LogP contribution in [0.15, 0.2) is 60.2 Å². The smallest absolute Gasteiger partial charge is 0.266 e. The number of carbonyl (C=O) groups is 1. The van der Waals surface area contributed by atoms with Gasteiger partial charge in [0.05, 0.1) is 10.7 Å². The molecule has 0 radical (unpaired) electrons. The Morgan fingerprint density at radius 3 is 2.50 bits per heavy atom. The van der Waals surface area contributed by atoms with E-state index in [2.05, 4.69) is 34.8 Å². The van der Waals surface area contributed by atoms with Gasteiger partial charge in [-0.05, 0) is 82.6 Å². The summed E-state index contributed by atoms with van der Waals surface area (Å²) in [6.45, 7) is 2.28. The Morgan fingerprint density at radius 2 is 1.88 bits per heavy atom.